The van der Waals surface area contributed by atoms with Gasteiger partial charge in [-0.3, -0.25) is 4.79 Å². The molecule has 2 aliphatic rings. The second-order valence-electron chi connectivity index (χ2n) is 6.80. The van der Waals surface area contributed by atoms with Crippen LogP contribution in [0.3, 0.4) is 0 Å². The molecule has 25 heavy (non-hydrogen) atoms. The Morgan fingerprint density at radius 3 is 2.84 bits per heavy atom. The quantitative estimate of drug-likeness (QED) is 0.863. The minimum atomic E-state index is -0.290. The Hall–Kier alpha value is -2.40. The molecule has 1 amide bonds. The van der Waals surface area contributed by atoms with Gasteiger partial charge in [-0.2, -0.15) is 0 Å². The van der Waals surface area contributed by atoms with Crippen molar-refractivity contribution in [2.75, 3.05) is 19.7 Å². The molecule has 1 spiro atoms. The van der Waals surface area contributed by atoms with Gasteiger partial charge in [-0.1, -0.05) is 24.3 Å². The van der Waals surface area contributed by atoms with E-state index in [4.69, 9.17) is 9.47 Å². The van der Waals surface area contributed by atoms with E-state index in [-0.39, 0.29) is 17.6 Å². The summed E-state index contributed by atoms with van der Waals surface area (Å²) in [6, 6.07) is 15.1. The molecule has 2 saturated heterocycles. The predicted octanol–water partition coefficient (Wildman–Crippen LogP) is 2.92. The molecule has 4 rings (SSSR count). The Morgan fingerprint density at radius 1 is 1.20 bits per heavy atom. The number of carbonyl (C=O) groups excluding carboxylic acids is 1. The predicted molar refractivity (Wildman–Crippen MR) is 93.5 cm³/mol. The van der Waals surface area contributed by atoms with E-state index in [1.807, 2.05) is 53.4 Å². The van der Waals surface area contributed by atoms with Crippen LogP contribution in [0.4, 0.5) is 0 Å². The fraction of sp³-hybridized carbons (Fsp3) is 0.400. The number of likely N-dealkylation sites (tertiary alicyclic amines) is 1. The summed E-state index contributed by atoms with van der Waals surface area (Å²) in [5.74, 6) is 0.707. The van der Waals surface area contributed by atoms with Gasteiger partial charge in [0.25, 0.3) is 5.91 Å². The largest absolute Gasteiger partial charge is 0.472 e. The number of nitrogens with zero attached hydrogens (tertiary/aromatic N) is 2. The maximum absolute atomic E-state index is 12.7. The minimum Gasteiger partial charge on any atom is -0.472 e. The van der Waals surface area contributed by atoms with Gasteiger partial charge < -0.3 is 14.4 Å². The fourth-order valence-electron chi connectivity index (χ4n) is 3.78. The van der Waals surface area contributed by atoms with Gasteiger partial charge in [0.2, 0.25) is 5.88 Å². The molecular weight excluding hydrogens is 316 g/mol. The fourth-order valence-corrected chi connectivity index (χ4v) is 3.78. The van der Waals surface area contributed by atoms with Crippen LogP contribution in [0.1, 0.15) is 29.6 Å². The molecule has 1 aromatic heterocycles. The molecule has 130 valence electrons. The van der Waals surface area contributed by atoms with Gasteiger partial charge in [0.15, 0.2) is 0 Å². The van der Waals surface area contributed by atoms with Crippen molar-refractivity contribution < 1.29 is 14.3 Å². The van der Waals surface area contributed by atoms with Crippen LogP contribution in [0.2, 0.25) is 0 Å². The van der Waals surface area contributed by atoms with Gasteiger partial charge in [-0.15, -0.1) is 0 Å². The summed E-state index contributed by atoms with van der Waals surface area (Å²) in [6.07, 6.45) is 4.42. The second-order valence-corrected chi connectivity index (χ2v) is 6.80. The van der Waals surface area contributed by atoms with Gasteiger partial charge in [0, 0.05) is 30.8 Å². The molecule has 5 heteroatoms. The summed E-state index contributed by atoms with van der Waals surface area (Å²) >= 11 is 0. The summed E-state index contributed by atoms with van der Waals surface area (Å²) in [5.41, 5.74) is 0.445. The van der Waals surface area contributed by atoms with Crippen molar-refractivity contribution >= 4 is 5.91 Å². The summed E-state index contributed by atoms with van der Waals surface area (Å²) in [4.78, 5) is 18.9. The highest BCUT2D eigenvalue weighted by Crippen LogP contribution is 2.36. The minimum absolute atomic E-state index is 0.0123. The molecule has 1 aromatic carbocycles. The third kappa shape index (κ3) is 3.51. The first kappa shape index (κ1) is 16.1. The lowest BCUT2D eigenvalue weighted by molar-refractivity contribution is -0.0453. The van der Waals surface area contributed by atoms with E-state index in [1.54, 1.807) is 6.20 Å². The standard InChI is InChI=1S/C20H22N2O3/c23-19(16-7-2-1-3-8-16)22-12-6-10-20(15-22)13-17(14-24-20)25-18-9-4-5-11-21-18/h1-5,7-9,11,17H,6,10,12-15H2/t17-,20+/m1/s1. The molecule has 5 nitrogen and oxygen atoms in total. The van der Waals surface area contributed by atoms with Gasteiger partial charge >= 0.3 is 0 Å². The van der Waals surface area contributed by atoms with Gasteiger partial charge in [0.1, 0.15) is 6.10 Å². The van der Waals surface area contributed by atoms with Crippen LogP contribution in [-0.2, 0) is 4.74 Å². The van der Waals surface area contributed by atoms with Gasteiger partial charge in [0.05, 0.1) is 18.8 Å². The smallest absolute Gasteiger partial charge is 0.253 e. The number of rotatable bonds is 3. The van der Waals surface area contributed by atoms with Gasteiger partial charge in [-0.05, 0) is 31.0 Å². The molecule has 0 N–H and O–H groups in total. The zero-order valence-electron chi connectivity index (χ0n) is 14.1. The molecule has 0 bridgehead atoms. The second kappa shape index (κ2) is 6.84. The van der Waals surface area contributed by atoms with Crippen molar-refractivity contribution in [1.82, 2.24) is 9.88 Å². The average Bonchev–Trinajstić information content (AvgIpc) is 3.04. The highest BCUT2D eigenvalue weighted by atomic mass is 16.6. The summed E-state index contributed by atoms with van der Waals surface area (Å²) in [5, 5.41) is 0. The number of pyridine rings is 1. The molecular formula is C20H22N2O3. The lowest BCUT2D eigenvalue weighted by Gasteiger charge is -2.39. The Balaban J connectivity index is 1.42. The average molecular weight is 338 g/mol. The highest BCUT2D eigenvalue weighted by molar-refractivity contribution is 5.94. The molecule has 3 heterocycles. The number of hydrogen-bond acceptors (Lipinski definition) is 4. The normalized spacial score (nSPS) is 25.9. The van der Waals surface area contributed by atoms with Crippen molar-refractivity contribution in [3.05, 3.63) is 60.3 Å². The number of benzene rings is 1. The number of ether oxygens (including phenoxy) is 2. The molecule has 2 atom stereocenters. The Morgan fingerprint density at radius 2 is 2.04 bits per heavy atom. The van der Waals surface area contributed by atoms with E-state index in [2.05, 4.69) is 4.98 Å². The topological polar surface area (TPSA) is 51.7 Å². The maximum Gasteiger partial charge on any atom is 0.253 e. The van der Waals surface area contributed by atoms with Crippen LogP contribution >= 0.6 is 0 Å². The zero-order valence-corrected chi connectivity index (χ0v) is 14.1. The third-order valence-corrected chi connectivity index (χ3v) is 4.95. The molecule has 0 unspecified atom stereocenters. The van der Waals surface area contributed by atoms with Crippen molar-refractivity contribution in [2.24, 2.45) is 0 Å². The molecule has 2 aliphatic heterocycles. The van der Waals surface area contributed by atoms with E-state index in [1.165, 1.54) is 0 Å². The number of aromatic nitrogens is 1. The Bertz CT molecular complexity index is 722. The van der Waals surface area contributed by atoms with E-state index < -0.39 is 0 Å². The van der Waals surface area contributed by atoms with Gasteiger partial charge in [-0.25, -0.2) is 4.98 Å². The number of piperidine rings is 1. The molecule has 0 aliphatic carbocycles. The van der Waals surface area contributed by atoms with Crippen molar-refractivity contribution in [3.8, 4) is 5.88 Å². The van der Waals surface area contributed by atoms with Crippen LogP contribution in [-0.4, -0.2) is 47.2 Å². The summed E-state index contributed by atoms with van der Waals surface area (Å²) in [6.45, 7) is 1.96. The van der Waals surface area contributed by atoms with Crippen molar-refractivity contribution in [3.63, 3.8) is 0 Å². The Labute approximate surface area is 147 Å². The maximum atomic E-state index is 12.7. The summed E-state index contributed by atoms with van der Waals surface area (Å²) in [7, 11) is 0. The summed E-state index contributed by atoms with van der Waals surface area (Å²) < 4.78 is 12.1. The lowest BCUT2D eigenvalue weighted by Crippen LogP contribution is -2.50. The van der Waals surface area contributed by atoms with Crippen LogP contribution < -0.4 is 4.74 Å². The number of hydrogen-bond donors (Lipinski definition) is 0. The van der Waals surface area contributed by atoms with E-state index in [0.29, 0.717) is 19.0 Å². The monoisotopic (exact) mass is 338 g/mol. The van der Waals surface area contributed by atoms with E-state index in [9.17, 15) is 4.79 Å². The number of amides is 1. The number of carbonyl (C=O) groups is 1. The Kier molecular flexibility index (Phi) is 4.40. The van der Waals surface area contributed by atoms with Crippen LogP contribution in [0, 0.1) is 0 Å². The molecule has 0 radical (unpaired) electrons. The van der Waals surface area contributed by atoms with Crippen molar-refractivity contribution in [1.29, 1.82) is 0 Å². The van der Waals surface area contributed by atoms with E-state index in [0.717, 1.165) is 31.4 Å². The lowest BCUT2D eigenvalue weighted by atomic mass is 9.89. The zero-order chi connectivity index (χ0) is 17.1. The molecule has 2 fully saturated rings. The van der Waals surface area contributed by atoms with Crippen LogP contribution in [0.25, 0.3) is 0 Å². The third-order valence-electron chi connectivity index (χ3n) is 4.95. The van der Waals surface area contributed by atoms with Crippen LogP contribution in [0.5, 0.6) is 5.88 Å². The van der Waals surface area contributed by atoms with Crippen molar-refractivity contribution in [2.45, 2.75) is 31.0 Å². The SMILES string of the molecule is O=C(c1ccccc1)N1CCC[C@]2(C[C@@H](Oc3ccccn3)CO2)C1. The van der Waals surface area contributed by atoms with Crippen LogP contribution in [0.15, 0.2) is 54.7 Å². The first-order valence-corrected chi connectivity index (χ1v) is 8.80. The first-order valence-electron chi connectivity index (χ1n) is 8.80. The van der Waals surface area contributed by atoms with E-state index >= 15 is 0 Å². The first-order chi connectivity index (χ1) is 12.2. The highest BCUT2D eigenvalue weighted by Gasteiger charge is 2.45. The molecule has 0 saturated carbocycles. The molecule has 2 aromatic rings.